The Labute approximate surface area is 138 Å². The number of hydrogen-bond acceptors (Lipinski definition) is 4. The number of hydrogen-bond donors (Lipinski definition) is 0. The van der Waals surface area contributed by atoms with Gasteiger partial charge in [0.05, 0.1) is 17.6 Å². The summed E-state index contributed by atoms with van der Waals surface area (Å²) in [6.45, 7) is 3.03. The van der Waals surface area contributed by atoms with Crippen molar-refractivity contribution in [1.29, 1.82) is 0 Å². The minimum Gasteiger partial charge on any atom is -0.366 e. The lowest BCUT2D eigenvalue weighted by molar-refractivity contribution is 0.235. The van der Waals surface area contributed by atoms with Crippen molar-refractivity contribution in [3.63, 3.8) is 0 Å². The molecule has 1 aromatic heterocycles. The number of alkyl halides is 1. The molecule has 0 spiro atoms. The molecular formula is C16H18ClFN4O. The maximum Gasteiger partial charge on any atom is 0.292 e. The van der Waals surface area contributed by atoms with Crippen LogP contribution >= 0.6 is 11.6 Å². The Balaban J connectivity index is 1.83. The summed E-state index contributed by atoms with van der Waals surface area (Å²) in [6.07, 6.45) is 1.63. The molecule has 3 rings (SSSR count). The van der Waals surface area contributed by atoms with Crippen molar-refractivity contribution in [2.75, 3.05) is 44.3 Å². The van der Waals surface area contributed by atoms with Gasteiger partial charge in [-0.25, -0.2) is 4.39 Å². The lowest BCUT2D eigenvalue weighted by Crippen LogP contribution is -2.47. The van der Waals surface area contributed by atoms with Crippen LogP contribution in [0.2, 0.25) is 5.02 Å². The maximum atomic E-state index is 12.5. The predicted molar refractivity (Wildman–Crippen MR) is 89.5 cm³/mol. The highest BCUT2D eigenvalue weighted by molar-refractivity contribution is 6.33. The summed E-state index contributed by atoms with van der Waals surface area (Å²) in [4.78, 5) is 16.6. The Morgan fingerprint density at radius 1 is 1.13 bits per heavy atom. The van der Waals surface area contributed by atoms with E-state index < -0.39 is 0 Å². The molecule has 1 saturated heterocycles. The van der Waals surface area contributed by atoms with Crippen LogP contribution in [0.25, 0.3) is 5.69 Å². The van der Waals surface area contributed by atoms with E-state index in [4.69, 9.17) is 11.6 Å². The summed E-state index contributed by atoms with van der Waals surface area (Å²) in [5.74, 6) is 0. The number of para-hydroxylation sites is 1. The van der Waals surface area contributed by atoms with E-state index in [0.717, 1.165) is 13.1 Å². The van der Waals surface area contributed by atoms with Crippen molar-refractivity contribution in [3.8, 4) is 5.69 Å². The highest BCUT2D eigenvalue weighted by Crippen LogP contribution is 2.22. The van der Waals surface area contributed by atoms with E-state index in [1.165, 1.54) is 4.68 Å². The largest absolute Gasteiger partial charge is 0.366 e. The number of benzene rings is 1. The minimum atomic E-state index is -0.338. The molecule has 1 aliphatic rings. The lowest BCUT2D eigenvalue weighted by atomic mass is 10.3. The monoisotopic (exact) mass is 336 g/mol. The van der Waals surface area contributed by atoms with Crippen molar-refractivity contribution < 1.29 is 4.39 Å². The summed E-state index contributed by atoms with van der Waals surface area (Å²) in [5.41, 5.74) is 0.990. The van der Waals surface area contributed by atoms with Gasteiger partial charge in [0, 0.05) is 32.7 Å². The van der Waals surface area contributed by atoms with Gasteiger partial charge >= 0.3 is 0 Å². The van der Waals surface area contributed by atoms with Gasteiger partial charge in [0.2, 0.25) is 0 Å². The van der Waals surface area contributed by atoms with Crippen LogP contribution in [0.15, 0.2) is 41.3 Å². The van der Waals surface area contributed by atoms with Gasteiger partial charge in [-0.2, -0.15) is 9.78 Å². The first-order chi connectivity index (χ1) is 11.2. The Hall–Kier alpha value is -1.92. The molecule has 23 heavy (non-hydrogen) atoms. The number of aromatic nitrogens is 2. The second-order valence-corrected chi connectivity index (χ2v) is 5.79. The first kappa shape index (κ1) is 16.0. The highest BCUT2D eigenvalue weighted by Gasteiger charge is 2.21. The van der Waals surface area contributed by atoms with E-state index in [-0.39, 0.29) is 17.3 Å². The van der Waals surface area contributed by atoms with Crippen molar-refractivity contribution >= 4 is 17.3 Å². The van der Waals surface area contributed by atoms with Gasteiger partial charge in [-0.15, -0.1) is 0 Å². The number of nitrogens with zero attached hydrogens (tertiary/aromatic N) is 4. The summed E-state index contributed by atoms with van der Waals surface area (Å²) < 4.78 is 13.7. The van der Waals surface area contributed by atoms with E-state index in [1.807, 2.05) is 23.1 Å². The summed E-state index contributed by atoms with van der Waals surface area (Å²) in [5, 5.41) is 4.41. The summed E-state index contributed by atoms with van der Waals surface area (Å²) in [7, 11) is 0. The average Bonchev–Trinajstić information content (AvgIpc) is 2.59. The number of anilines is 1. The molecule has 1 aliphatic heterocycles. The van der Waals surface area contributed by atoms with Gasteiger partial charge in [0.15, 0.2) is 0 Å². The van der Waals surface area contributed by atoms with Crippen LogP contribution in [-0.4, -0.2) is 54.1 Å². The van der Waals surface area contributed by atoms with Gasteiger partial charge in [-0.05, 0) is 12.1 Å². The van der Waals surface area contributed by atoms with E-state index in [1.54, 1.807) is 18.3 Å². The van der Waals surface area contributed by atoms with Crippen LogP contribution in [0.1, 0.15) is 0 Å². The smallest absolute Gasteiger partial charge is 0.292 e. The number of piperazine rings is 1. The first-order valence-corrected chi connectivity index (χ1v) is 7.95. The molecule has 5 nitrogen and oxygen atoms in total. The van der Waals surface area contributed by atoms with Crippen LogP contribution in [0.4, 0.5) is 10.1 Å². The SMILES string of the molecule is O=c1c(Cl)c(N2CCN(CCF)CC2)cnn1-c1ccccc1. The van der Waals surface area contributed by atoms with E-state index in [9.17, 15) is 9.18 Å². The number of rotatable bonds is 4. The molecule has 0 saturated carbocycles. The van der Waals surface area contributed by atoms with Gasteiger partial charge < -0.3 is 4.90 Å². The molecule has 7 heteroatoms. The van der Waals surface area contributed by atoms with Crippen LogP contribution < -0.4 is 10.5 Å². The first-order valence-electron chi connectivity index (χ1n) is 7.57. The van der Waals surface area contributed by atoms with Crippen molar-refractivity contribution in [1.82, 2.24) is 14.7 Å². The molecule has 1 fully saturated rings. The second-order valence-electron chi connectivity index (χ2n) is 5.41. The second kappa shape index (κ2) is 7.10. The normalized spacial score (nSPS) is 15.8. The molecule has 0 radical (unpaired) electrons. The van der Waals surface area contributed by atoms with Crippen LogP contribution in [-0.2, 0) is 0 Å². The van der Waals surface area contributed by atoms with Crippen molar-refractivity contribution in [3.05, 3.63) is 51.9 Å². The molecule has 2 heterocycles. The van der Waals surface area contributed by atoms with E-state index in [2.05, 4.69) is 10.00 Å². The van der Waals surface area contributed by atoms with Gasteiger partial charge in [-0.3, -0.25) is 9.69 Å². The van der Waals surface area contributed by atoms with Crippen LogP contribution in [0.5, 0.6) is 0 Å². The molecule has 1 aromatic carbocycles. The topological polar surface area (TPSA) is 41.4 Å². The van der Waals surface area contributed by atoms with Gasteiger partial charge in [0.25, 0.3) is 5.56 Å². The van der Waals surface area contributed by atoms with E-state index in [0.29, 0.717) is 31.0 Å². The lowest BCUT2D eigenvalue weighted by Gasteiger charge is -2.35. The molecule has 0 amide bonds. The molecule has 2 aromatic rings. The third kappa shape index (κ3) is 3.38. The quantitative estimate of drug-likeness (QED) is 0.856. The Morgan fingerprint density at radius 2 is 1.83 bits per heavy atom. The summed E-state index contributed by atoms with van der Waals surface area (Å²) in [6, 6.07) is 9.17. The highest BCUT2D eigenvalue weighted by atomic mass is 35.5. The number of halogens is 2. The fourth-order valence-corrected chi connectivity index (χ4v) is 2.98. The fraction of sp³-hybridized carbons (Fsp3) is 0.375. The third-order valence-corrected chi connectivity index (χ3v) is 4.37. The van der Waals surface area contributed by atoms with Crippen molar-refractivity contribution in [2.45, 2.75) is 0 Å². The van der Waals surface area contributed by atoms with Gasteiger partial charge in [0.1, 0.15) is 11.7 Å². The molecule has 0 N–H and O–H groups in total. The fourth-order valence-electron chi connectivity index (χ4n) is 2.73. The standard InChI is InChI=1S/C16H18ClFN4O/c17-15-14(21-10-8-20(7-6-18)9-11-21)12-19-22(16(15)23)13-4-2-1-3-5-13/h1-5,12H,6-11H2. The summed E-state index contributed by atoms with van der Waals surface area (Å²) >= 11 is 6.29. The average molecular weight is 337 g/mol. The molecule has 0 bridgehead atoms. The molecule has 0 unspecified atom stereocenters. The minimum absolute atomic E-state index is 0.169. The maximum absolute atomic E-state index is 12.5. The molecule has 0 aliphatic carbocycles. The molecular weight excluding hydrogens is 319 g/mol. The zero-order valence-electron chi connectivity index (χ0n) is 12.7. The molecule has 122 valence electrons. The third-order valence-electron chi connectivity index (χ3n) is 4.01. The Morgan fingerprint density at radius 3 is 2.48 bits per heavy atom. The predicted octanol–water partition coefficient (Wildman–Crippen LogP) is 1.98. The zero-order chi connectivity index (χ0) is 16.2. The van der Waals surface area contributed by atoms with Crippen LogP contribution in [0.3, 0.4) is 0 Å². The van der Waals surface area contributed by atoms with E-state index >= 15 is 0 Å². The van der Waals surface area contributed by atoms with Crippen molar-refractivity contribution in [2.24, 2.45) is 0 Å². The van der Waals surface area contributed by atoms with Gasteiger partial charge in [-0.1, -0.05) is 29.8 Å². The molecule has 0 atom stereocenters. The Kier molecular flexibility index (Phi) is 4.93. The Bertz CT molecular complexity index is 714. The van der Waals surface area contributed by atoms with Crippen LogP contribution in [0, 0.1) is 0 Å². The zero-order valence-corrected chi connectivity index (χ0v) is 13.4.